The zero-order valence-corrected chi connectivity index (χ0v) is 10.9. The maximum absolute atomic E-state index is 5.65. The van der Waals surface area contributed by atoms with Gasteiger partial charge in [0.15, 0.2) is 0 Å². The van der Waals surface area contributed by atoms with Crippen LogP contribution >= 0.6 is 0 Å². The number of ether oxygens (including phenoxy) is 1. The molecular weight excluding hydrogens is 212 g/mol. The molecule has 1 atom stereocenters. The summed E-state index contributed by atoms with van der Waals surface area (Å²) in [6.45, 7) is 7.32. The molecule has 3 nitrogen and oxygen atoms in total. The van der Waals surface area contributed by atoms with Crippen molar-refractivity contribution in [3.63, 3.8) is 0 Å². The number of benzene rings is 1. The quantitative estimate of drug-likeness (QED) is 0.866. The highest BCUT2D eigenvalue weighted by molar-refractivity contribution is 5.29. The van der Waals surface area contributed by atoms with Gasteiger partial charge in [-0.25, -0.2) is 0 Å². The Kier molecular flexibility index (Phi) is 4.02. The summed E-state index contributed by atoms with van der Waals surface area (Å²) in [6.07, 6.45) is 0.236. The Morgan fingerprint density at radius 1 is 1.29 bits per heavy atom. The lowest BCUT2D eigenvalue weighted by Crippen LogP contribution is -2.43. The van der Waals surface area contributed by atoms with Gasteiger partial charge in [0.05, 0.1) is 6.10 Å². The second-order valence-electron chi connectivity index (χ2n) is 4.94. The van der Waals surface area contributed by atoms with E-state index in [9.17, 15) is 0 Å². The van der Waals surface area contributed by atoms with E-state index in [0.717, 1.165) is 25.4 Å². The third-order valence-corrected chi connectivity index (χ3v) is 3.15. The topological polar surface area (TPSA) is 24.5 Å². The van der Waals surface area contributed by atoms with Crippen LogP contribution < -0.4 is 10.1 Å². The van der Waals surface area contributed by atoms with Gasteiger partial charge in [0.1, 0.15) is 5.75 Å². The van der Waals surface area contributed by atoms with Crippen LogP contribution in [0, 0.1) is 0 Å². The molecule has 94 valence electrons. The summed E-state index contributed by atoms with van der Waals surface area (Å²) in [6, 6.07) is 8.96. The Morgan fingerprint density at radius 2 is 2.00 bits per heavy atom. The third kappa shape index (κ3) is 3.20. The van der Waals surface area contributed by atoms with Crippen LogP contribution in [0.3, 0.4) is 0 Å². The zero-order chi connectivity index (χ0) is 12.3. The number of likely N-dealkylation sites (N-methyl/N-ethyl adjacent to an activating group) is 1. The molecule has 1 N–H and O–H groups in total. The molecule has 1 aliphatic rings. The number of nitrogens with one attached hydrogen (secondary N) is 1. The number of hydrogen-bond donors (Lipinski definition) is 1. The summed E-state index contributed by atoms with van der Waals surface area (Å²) in [5.74, 6) is 0.954. The van der Waals surface area contributed by atoms with E-state index >= 15 is 0 Å². The molecule has 17 heavy (non-hydrogen) atoms. The first-order chi connectivity index (χ1) is 8.16. The van der Waals surface area contributed by atoms with Gasteiger partial charge in [-0.15, -0.1) is 0 Å². The second-order valence-corrected chi connectivity index (χ2v) is 4.94. The van der Waals surface area contributed by atoms with Crippen molar-refractivity contribution in [2.75, 3.05) is 26.7 Å². The van der Waals surface area contributed by atoms with Gasteiger partial charge in [-0.2, -0.15) is 0 Å². The highest BCUT2D eigenvalue weighted by atomic mass is 16.5. The molecule has 3 heteroatoms. The van der Waals surface area contributed by atoms with Crippen molar-refractivity contribution in [2.24, 2.45) is 0 Å². The first-order valence-corrected chi connectivity index (χ1v) is 6.34. The Hall–Kier alpha value is -1.06. The maximum Gasteiger partial charge on any atom is 0.119 e. The molecule has 1 aromatic carbocycles. The largest absolute Gasteiger partial charge is 0.491 e. The Morgan fingerprint density at radius 3 is 2.59 bits per heavy atom. The summed E-state index contributed by atoms with van der Waals surface area (Å²) in [5, 5.41) is 3.44. The molecule has 1 saturated heterocycles. The van der Waals surface area contributed by atoms with Gasteiger partial charge >= 0.3 is 0 Å². The minimum atomic E-state index is 0.236. The third-order valence-electron chi connectivity index (χ3n) is 3.15. The maximum atomic E-state index is 5.65. The van der Waals surface area contributed by atoms with E-state index in [-0.39, 0.29) is 6.10 Å². The standard InChI is InChI=1S/C14H22N2O/c1-11(2)17-13-6-4-12(5-7-13)14-10-15-8-9-16(14)3/h4-7,11,14-15H,8-10H2,1-3H3/t14-/m1/s1. The normalized spacial score (nSPS) is 21.8. The predicted octanol–water partition coefficient (Wildman–Crippen LogP) is 2.05. The molecule has 1 heterocycles. The van der Waals surface area contributed by atoms with E-state index in [0.29, 0.717) is 6.04 Å². The van der Waals surface area contributed by atoms with E-state index < -0.39 is 0 Å². The lowest BCUT2D eigenvalue weighted by molar-refractivity contribution is 0.202. The van der Waals surface area contributed by atoms with E-state index in [4.69, 9.17) is 4.74 Å². The van der Waals surface area contributed by atoms with Crippen molar-refractivity contribution in [3.8, 4) is 5.75 Å². The van der Waals surface area contributed by atoms with E-state index in [2.05, 4.69) is 41.5 Å². The summed E-state index contributed by atoms with van der Waals surface area (Å²) >= 11 is 0. The first kappa shape index (κ1) is 12.4. The van der Waals surface area contributed by atoms with Crippen LogP contribution in [0.15, 0.2) is 24.3 Å². The van der Waals surface area contributed by atoms with Crippen molar-refractivity contribution in [2.45, 2.75) is 26.0 Å². The van der Waals surface area contributed by atoms with Crippen LogP contribution in [0.4, 0.5) is 0 Å². The fourth-order valence-corrected chi connectivity index (χ4v) is 2.22. The van der Waals surface area contributed by atoms with Gasteiger partial charge < -0.3 is 10.1 Å². The molecule has 1 aromatic rings. The van der Waals surface area contributed by atoms with Crippen molar-refractivity contribution >= 4 is 0 Å². The number of nitrogens with zero attached hydrogens (tertiary/aromatic N) is 1. The molecule has 0 aliphatic carbocycles. The molecule has 0 aromatic heterocycles. The highest BCUT2D eigenvalue weighted by Crippen LogP contribution is 2.23. The Labute approximate surface area is 104 Å². The van der Waals surface area contributed by atoms with Gasteiger partial charge in [-0.05, 0) is 38.6 Å². The molecule has 0 amide bonds. The van der Waals surface area contributed by atoms with Gasteiger partial charge in [0.2, 0.25) is 0 Å². The fraction of sp³-hybridized carbons (Fsp3) is 0.571. The molecule has 0 saturated carbocycles. The van der Waals surface area contributed by atoms with Crippen molar-refractivity contribution < 1.29 is 4.74 Å². The average molecular weight is 234 g/mol. The van der Waals surface area contributed by atoms with E-state index in [1.807, 2.05) is 13.8 Å². The molecule has 1 aliphatic heterocycles. The molecule has 1 fully saturated rings. The Balaban J connectivity index is 2.06. The number of hydrogen-bond acceptors (Lipinski definition) is 3. The monoisotopic (exact) mass is 234 g/mol. The number of piperazine rings is 1. The molecule has 0 radical (unpaired) electrons. The van der Waals surface area contributed by atoms with Crippen molar-refractivity contribution in [3.05, 3.63) is 29.8 Å². The lowest BCUT2D eigenvalue weighted by atomic mass is 10.0. The molecule has 2 rings (SSSR count). The molecular formula is C14H22N2O. The first-order valence-electron chi connectivity index (χ1n) is 6.34. The van der Waals surface area contributed by atoms with E-state index in [1.54, 1.807) is 0 Å². The predicted molar refractivity (Wildman–Crippen MR) is 70.4 cm³/mol. The van der Waals surface area contributed by atoms with Crippen LogP contribution in [-0.4, -0.2) is 37.7 Å². The van der Waals surface area contributed by atoms with Gasteiger partial charge in [-0.1, -0.05) is 12.1 Å². The van der Waals surface area contributed by atoms with Gasteiger partial charge in [0, 0.05) is 25.7 Å². The highest BCUT2D eigenvalue weighted by Gasteiger charge is 2.19. The van der Waals surface area contributed by atoms with Crippen LogP contribution in [0.1, 0.15) is 25.5 Å². The lowest BCUT2D eigenvalue weighted by Gasteiger charge is -2.33. The summed E-state index contributed by atoms with van der Waals surface area (Å²) < 4.78 is 5.65. The Bertz CT molecular complexity index is 348. The minimum absolute atomic E-state index is 0.236. The van der Waals surface area contributed by atoms with Crippen LogP contribution in [-0.2, 0) is 0 Å². The minimum Gasteiger partial charge on any atom is -0.491 e. The zero-order valence-electron chi connectivity index (χ0n) is 10.9. The molecule has 0 spiro atoms. The summed E-state index contributed by atoms with van der Waals surface area (Å²) in [4.78, 5) is 2.40. The van der Waals surface area contributed by atoms with Crippen molar-refractivity contribution in [1.29, 1.82) is 0 Å². The fourth-order valence-electron chi connectivity index (χ4n) is 2.22. The SMILES string of the molecule is CC(C)Oc1ccc([C@H]2CNCCN2C)cc1. The molecule has 0 bridgehead atoms. The van der Waals surface area contributed by atoms with Crippen molar-refractivity contribution in [1.82, 2.24) is 10.2 Å². The van der Waals surface area contributed by atoms with Crippen LogP contribution in [0.5, 0.6) is 5.75 Å². The summed E-state index contributed by atoms with van der Waals surface area (Å²) in [5.41, 5.74) is 1.36. The average Bonchev–Trinajstić information content (AvgIpc) is 2.30. The van der Waals surface area contributed by atoms with Gasteiger partial charge in [-0.3, -0.25) is 4.90 Å². The van der Waals surface area contributed by atoms with Crippen LogP contribution in [0.25, 0.3) is 0 Å². The van der Waals surface area contributed by atoms with E-state index in [1.165, 1.54) is 5.56 Å². The molecule has 0 unspecified atom stereocenters. The second kappa shape index (κ2) is 5.52. The van der Waals surface area contributed by atoms with Gasteiger partial charge in [0.25, 0.3) is 0 Å². The number of rotatable bonds is 3. The summed E-state index contributed by atoms with van der Waals surface area (Å²) in [7, 11) is 2.18. The van der Waals surface area contributed by atoms with Crippen LogP contribution in [0.2, 0.25) is 0 Å². The smallest absolute Gasteiger partial charge is 0.119 e.